The molecule has 0 aliphatic carbocycles. The monoisotopic (exact) mass is 294 g/mol. The Balaban J connectivity index is 2.26. The molecule has 0 atom stereocenters. The molecule has 2 rings (SSSR count). The third kappa shape index (κ3) is 3.09. The smallest absolute Gasteiger partial charge is 0.314 e. The van der Waals surface area contributed by atoms with Gasteiger partial charge in [0.15, 0.2) is 0 Å². The molecule has 0 spiro atoms. The van der Waals surface area contributed by atoms with E-state index in [-0.39, 0.29) is 12.1 Å². The van der Waals surface area contributed by atoms with Gasteiger partial charge in [-0.2, -0.15) is 22.0 Å². The van der Waals surface area contributed by atoms with E-state index in [0.29, 0.717) is 26.2 Å². The minimum absolute atomic E-state index is 0.0247. The predicted octanol–water partition coefficient (Wildman–Crippen LogP) is 2.75. The lowest BCUT2D eigenvalue weighted by Crippen LogP contribution is -2.43. The minimum atomic E-state index is -5.58. The van der Waals surface area contributed by atoms with Gasteiger partial charge in [0, 0.05) is 38.3 Å². The maximum absolute atomic E-state index is 13.5. The first kappa shape index (κ1) is 15.2. The van der Waals surface area contributed by atoms with Gasteiger partial charge in [-0.3, -0.25) is 4.90 Å². The predicted molar refractivity (Wildman–Crippen MR) is 64.5 cm³/mol. The van der Waals surface area contributed by atoms with E-state index in [0.717, 1.165) is 6.07 Å². The summed E-state index contributed by atoms with van der Waals surface area (Å²) in [5, 5.41) is 3.10. The fourth-order valence-corrected chi connectivity index (χ4v) is 2.23. The van der Waals surface area contributed by atoms with Crippen molar-refractivity contribution in [1.82, 2.24) is 10.2 Å². The second-order valence-corrected chi connectivity index (χ2v) is 4.76. The molecule has 0 saturated carbocycles. The quantitative estimate of drug-likeness (QED) is 0.862. The number of benzene rings is 1. The van der Waals surface area contributed by atoms with Crippen molar-refractivity contribution in [1.29, 1.82) is 0 Å². The van der Waals surface area contributed by atoms with Crippen molar-refractivity contribution in [3.8, 4) is 0 Å². The first-order chi connectivity index (χ1) is 9.32. The molecule has 0 amide bonds. The van der Waals surface area contributed by atoms with Crippen LogP contribution in [0.15, 0.2) is 24.3 Å². The zero-order valence-electron chi connectivity index (χ0n) is 10.7. The van der Waals surface area contributed by atoms with E-state index in [9.17, 15) is 22.0 Å². The van der Waals surface area contributed by atoms with Crippen LogP contribution in [0.5, 0.6) is 0 Å². The van der Waals surface area contributed by atoms with Crippen LogP contribution in [-0.2, 0) is 12.5 Å². The zero-order chi connectivity index (χ0) is 14.8. The van der Waals surface area contributed by atoms with Crippen molar-refractivity contribution in [2.75, 3.05) is 26.2 Å². The highest BCUT2D eigenvalue weighted by Crippen LogP contribution is 2.45. The van der Waals surface area contributed by atoms with E-state index >= 15 is 0 Å². The van der Waals surface area contributed by atoms with Crippen LogP contribution in [0.1, 0.15) is 11.1 Å². The number of hydrogen-bond acceptors (Lipinski definition) is 2. The van der Waals surface area contributed by atoms with Crippen LogP contribution in [-0.4, -0.2) is 37.3 Å². The molecule has 1 aliphatic heterocycles. The van der Waals surface area contributed by atoms with Crippen molar-refractivity contribution < 1.29 is 22.0 Å². The summed E-state index contributed by atoms with van der Waals surface area (Å²) >= 11 is 0. The third-order valence-corrected chi connectivity index (χ3v) is 3.32. The van der Waals surface area contributed by atoms with Gasteiger partial charge < -0.3 is 5.32 Å². The van der Waals surface area contributed by atoms with E-state index in [1.54, 1.807) is 0 Å². The van der Waals surface area contributed by atoms with Gasteiger partial charge in [0.05, 0.1) is 0 Å². The summed E-state index contributed by atoms with van der Waals surface area (Å²) in [6, 6.07) is 4.87. The lowest BCUT2D eigenvalue weighted by molar-refractivity contribution is -0.289. The molecule has 0 aromatic heterocycles. The summed E-state index contributed by atoms with van der Waals surface area (Å²) in [6.45, 7) is 2.77. The molecular formula is C13H15F5N2. The van der Waals surface area contributed by atoms with Crippen molar-refractivity contribution in [2.45, 2.75) is 18.6 Å². The number of hydrogen-bond donors (Lipinski definition) is 1. The van der Waals surface area contributed by atoms with Crippen LogP contribution in [0, 0.1) is 0 Å². The molecule has 1 fully saturated rings. The standard InChI is InChI=1S/C13H15F5N2/c14-12(15,13(16,17)18)11-4-2-1-3-10(11)9-20-7-5-19-6-8-20/h1-4,19H,5-9H2. The summed E-state index contributed by atoms with van der Waals surface area (Å²) in [7, 11) is 0. The Kier molecular flexibility index (Phi) is 4.29. The Bertz CT molecular complexity index is 452. The molecule has 1 saturated heterocycles. The number of nitrogens with one attached hydrogen (secondary N) is 1. The maximum Gasteiger partial charge on any atom is 0.458 e. The van der Waals surface area contributed by atoms with Crippen LogP contribution >= 0.6 is 0 Å². The van der Waals surface area contributed by atoms with Crippen LogP contribution in [0.4, 0.5) is 22.0 Å². The molecule has 1 N–H and O–H groups in total. The van der Waals surface area contributed by atoms with Gasteiger partial charge >= 0.3 is 12.1 Å². The largest absolute Gasteiger partial charge is 0.458 e. The van der Waals surface area contributed by atoms with E-state index in [1.807, 2.05) is 4.90 Å². The van der Waals surface area contributed by atoms with Gasteiger partial charge in [0.2, 0.25) is 0 Å². The molecule has 7 heteroatoms. The molecule has 0 unspecified atom stereocenters. The van der Waals surface area contributed by atoms with Crippen LogP contribution in [0.3, 0.4) is 0 Å². The lowest BCUT2D eigenvalue weighted by atomic mass is 10.0. The third-order valence-electron chi connectivity index (χ3n) is 3.32. The molecule has 1 aliphatic rings. The molecule has 1 aromatic rings. The Labute approximate surface area is 113 Å². The summed E-state index contributed by atoms with van der Waals surface area (Å²) in [4.78, 5) is 1.86. The van der Waals surface area contributed by atoms with Gasteiger partial charge in [-0.1, -0.05) is 24.3 Å². The van der Waals surface area contributed by atoms with Gasteiger partial charge in [0.25, 0.3) is 0 Å². The summed E-state index contributed by atoms with van der Waals surface area (Å²) < 4.78 is 64.6. The molecule has 0 bridgehead atoms. The Morgan fingerprint density at radius 2 is 1.60 bits per heavy atom. The lowest BCUT2D eigenvalue weighted by Gasteiger charge is -2.29. The normalized spacial score (nSPS) is 18.2. The van der Waals surface area contributed by atoms with Crippen LogP contribution in [0.25, 0.3) is 0 Å². The Morgan fingerprint density at radius 1 is 1.00 bits per heavy atom. The first-order valence-corrected chi connectivity index (χ1v) is 6.28. The van der Waals surface area contributed by atoms with Crippen molar-refractivity contribution in [3.63, 3.8) is 0 Å². The molecule has 112 valence electrons. The second kappa shape index (κ2) is 5.65. The molecular weight excluding hydrogens is 279 g/mol. The van der Waals surface area contributed by atoms with E-state index in [2.05, 4.69) is 5.32 Å². The maximum atomic E-state index is 13.5. The van der Waals surface area contributed by atoms with Gasteiger partial charge in [-0.05, 0) is 5.56 Å². The molecule has 2 nitrogen and oxygen atoms in total. The summed E-state index contributed by atoms with van der Waals surface area (Å²) in [5.41, 5.74) is -0.928. The highest BCUT2D eigenvalue weighted by molar-refractivity contribution is 5.32. The summed E-state index contributed by atoms with van der Waals surface area (Å²) in [5.74, 6) is -4.82. The van der Waals surface area contributed by atoms with Crippen LogP contribution < -0.4 is 5.32 Å². The number of halogens is 5. The SMILES string of the molecule is FC(F)(F)C(F)(F)c1ccccc1CN1CCNCC1. The number of alkyl halides is 5. The molecule has 20 heavy (non-hydrogen) atoms. The van der Waals surface area contributed by atoms with Crippen molar-refractivity contribution >= 4 is 0 Å². The first-order valence-electron chi connectivity index (χ1n) is 6.28. The fraction of sp³-hybridized carbons (Fsp3) is 0.538. The second-order valence-electron chi connectivity index (χ2n) is 4.76. The average molecular weight is 294 g/mol. The van der Waals surface area contributed by atoms with Gasteiger partial charge in [-0.15, -0.1) is 0 Å². The van der Waals surface area contributed by atoms with E-state index in [1.165, 1.54) is 18.2 Å². The zero-order valence-corrected chi connectivity index (χ0v) is 10.7. The Morgan fingerprint density at radius 3 is 2.20 bits per heavy atom. The molecule has 0 radical (unpaired) electrons. The van der Waals surface area contributed by atoms with Crippen molar-refractivity contribution in [2.24, 2.45) is 0 Å². The topological polar surface area (TPSA) is 15.3 Å². The Hall–Kier alpha value is -1.21. The summed E-state index contributed by atoms with van der Waals surface area (Å²) in [6.07, 6.45) is -5.58. The highest BCUT2D eigenvalue weighted by Gasteiger charge is 2.59. The molecule has 1 aromatic carbocycles. The number of piperazine rings is 1. The minimum Gasteiger partial charge on any atom is -0.314 e. The fourth-order valence-electron chi connectivity index (χ4n) is 2.23. The van der Waals surface area contributed by atoms with Gasteiger partial charge in [0.1, 0.15) is 0 Å². The average Bonchev–Trinajstić information content (AvgIpc) is 2.39. The number of nitrogens with zero attached hydrogens (tertiary/aromatic N) is 1. The van der Waals surface area contributed by atoms with E-state index in [4.69, 9.17) is 0 Å². The highest BCUT2D eigenvalue weighted by atomic mass is 19.4. The van der Waals surface area contributed by atoms with Crippen molar-refractivity contribution in [3.05, 3.63) is 35.4 Å². The number of rotatable bonds is 3. The van der Waals surface area contributed by atoms with E-state index < -0.39 is 17.7 Å². The molecule has 1 heterocycles. The van der Waals surface area contributed by atoms with Crippen LogP contribution in [0.2, 0.25) is 0 Å². The van der Waals surface area contributed by atoms with Gasteiger partial charge in [-0.25, -0.2) is 0 Å².